The molecule has 1 saturated heterocycles. The number of hydrogen-bond acceptors (Lipinski definition) is 6. The molecule has 1 amide bonds. The number of aliphatic hydroxyl groups is 1. The smallest absolute Gasteiger partial charge is 0.223 e. The van der Waals surface area contributed by atoms with Gasteiger partial charge in [0.15, 0.2) is 23.0 Å². The van der Waals surface area contributed by atoms with Crippen molar-refractivity contribution in [2.75, 3.05) is 28.4 Å². The molecule has 2 unspecified atom stereocenters. The minimum atomic E-state index is -0.832. The molecule has 0 aliphatic carbocycles. The second-order valence-corrected chi connectivity index (χ2v) is 6.88. The van der Waals surface area contributed by atoms with Crippen LogP contribution in [0.3, 0.4) is 0 Å². The van der Waals surface area contributed by atoms with Crippen molar-refractivity contribution >= 4 is 5.91 Å². The average molecular weight is 401 g/mol. The number of nitrogens with zero attached hydrogens (tertiary/aromatic N) is 1. The second-order valence-electron chi connectivity index (χ2n) is 6.88. The molecule has 1 heterocycles. The largest absolute Gasteiger partial charge is 0.493 e. The van der Waals surface area contributed by atoms with E-state index in [4.69, 9.17) is 18.9 Å². The van der Waals surface area contributed by atoms with Crippen molar-refractivity contribution in [3.63, 3.8) is 0 Å². The van der Waals surface area contributed by atoms with E-state index in [0.717, 1.165) is 5.56 Å². The zero-order chi connectivity index (χ0) is 21.0. The number of aliphatic hydroxyl groups excluding tert-OH is 1. The predicted molar refractivity (Wildman–Crippen MR) is 108 cm³/mol. The lowest BCUT2D eigenvalue weighted by Crippen LogP contribution is -2.36. The third-order valence-corrected chi connectivity index (χ3v) is 5.29. The van der Waals surface area contributed by atoms with Gasteiger partial charge in [-0.25, -0.2) is 0 Å². The number of likely N-dealkylation sites (tertiary alicyclic amines) is 1. The van der Waals surface area contributed by atoms with Gasteiger partial charge in [-0.3, -0.25) is 4.79 Å². The molecule has 0 bridgehead atoms. The highest BCUT2D eigenvalue weighted by Gasteiger charge is 2.36. The first-order valence-electron chi connectivity index (χ1n) is 9.42. The fourth-order valence-corrected chi connectivity index (χ4v) is 3.72. The zero-order valence-electron chi connectivity index (χ0n) is 17.2. The van der Waals surface area contributed by atoms with E-state index in [2.05, 4.69) is 0 Å². The highest BCUT2D eigenvalue weighted by Crippen LogP contribution is 2.36. The van der Waals surface area contributed by atoms with Gasteiger partial charge in [-0.1, -0.05) is 12.1 Å². The second kappa shape index (κ2) is 9.05. The van der Waals surface area contributed by atoms with Gasteiger partial charge >= 0.3 is 0 Å². The fraction of sp³-hybridized carbons (Fsp3) is 0.409. The van der Waals surface area contributed by atoms with Crippen LogP contribution in [0.25, 0.3) is 0 Å². The van der Waals surface area contributed by atoms with E-state index < -0.39 is 6.10 Å². The first-order valence-corrected chi connectivity index (χ1v) is 9.42. The number of ether oxygens (including phenoxy) is 4. The molecular weight excluding hydrogens is 374 g/mol. The summed E-state index contributed by atoms with van der Waals surface area (Å²) in [6.45, 7) is 0.383. The summed E-state index contributed by atoms with van der Waals surface area (Å²) in [4.78, 5) is 14.3. The topological polar surface area (TPSA) is 77.5 Å². The molecule has 0 spiro atoms. The van der Waals surface area contributed by atoms with Crippen LogP contribution in [0.5, 0.6) is 23.0 Å². The molecule has 3 rings (SSSR count). The molecule has 7 heteroatoms. The predicted octanol–water partition coefficient (Wildman–Crippen LogP) is 2.95. The van der Waals surface area contributed by atoms with Gasteiger partial charge in [-0.05, 0) is 41.8 Å². The average Bonchev–Trinajstić information content (AvgIpc) is 3.12. The van der Waals surface area contributed by atoms with E-state index in [1.165, 1.54) is 0 Å². The Labute approximate surface area is 170 Å². The Kier molecular flexibility index (Phi) is 6.49. The standard InChI is InChI=1S/C22H27NO6/c1-26-17-8-5-14(11-19(17)28-3)13-23-16(7-10-21(23)24)22(25)15-6-9-18(27-2)20(12-15)29-4/h5-6,8-9,11-12,16,22,25H,7,10,13H2,1-4H3. The maximum atomic E-state index is 12.5. The maximum Gasteiger partial charge on any atom is 0.223 e. The molecule has 1 N–H and O–H groups in total. The molecule has 1 aliphatic heterocycles. The van der Waals surface area contributed by atoms with Gasteiger partial charge in [-0.2, -0.15) is 0 Å². The van der Waals surface area contributed by atoms with Gasteiger partial charge in [0.1, 0.15) is 0 Å². The highest BCUT2D eigenvalue weighted by molar-refractivity contribution is 5.79. The third-order valence-electron chi connectivity index (χ3n) is 5.29. The number of hydrogen-bond donors (Lipinski definition) is 1. The highest BCUT2D eigenvalue weighted by atomic mass is 16.5. The summed E-state index contributed by atoms with van der Waals surface area (Å²) in [5, 5.41) is 11.0. The summed E-state index contributed by atoms with van der Waals surface area (Å²) in [5.41, 5.74) is 1.59. The van der Waals surface area contributed by atoms with Crippen LogP contribution < -0.4 is 18.9 Å². The molecule has 0 saturated carbocycles. The van der Waals surface area contributed by atoms with Crippen LogP contribution in [0.2, 0.25) is 0 Å². The van der Waals surface area contributed by atoms with Crippen molar-refractivity contribution < 1.29 is 28.8 Å². The van der Waals surface area contributed by atoms with Crippen molar-refractivity contribution in [3.05, 3.63) is 47.5 Å². The number of carbonyl (C=O) groups excluding carboxylic acids is 1. The van der Waals surface area contributed by atoms with Crippen LogP contribution in [0.4, 0.5) is 0 Å². The molecule has 0 radical (unpaired) electrons. The van der Waals surface area contributed by atoms with Crippen molar-refractivity contribution in [1.29, 1.82) is 0 Å². The Balaban J connectivity index is 1.83. The van der Waals surface area contributed by atoms with E-state index in [9.17, 15) is 9.90 Å². The minimum absolute atomic E-state index is 0.0179. The first-order chi connectivity index (χ1) is 14.0. The molecule has 1 fully saturated rings. The zero-order valence-corrected chi connectivity index (χ0v) is 17.2. The fourth-order valence-electron chi connectivity index (χ4n) is 3.72. The van der Waals surface area contributed by atoms with Gasteiger partial charge in [0.05, 0.1) is 40.6 Å². The summed E-state index contributed by atoms with van der Waals surface area (Å²) >= 11 is 0. The Morgan fingerprint density at radius 3 is 2.14 bits per heavy atom. The van der Waals surface area contributed by atoms with Crippen molar-refractivity contribution in [2.45, 2.75) is 31.5 Å². The third kappa shape index (κ3) is 4.24. The molecule has 7 nitrogen and oxygen atoms in total. The number of carbonyl (C=O) groups is 1. The van der Waals surface area contributed by atoms with Gasteiger partial charge in [0.2, 0.25) is 5.91 Å². The Morgan fingerprint density at radius 1 is 0.931 bits per heavy atom. The summed E-state index contributed by atoms with van der Waals surface area (Å²) in [6, 6.07) is 10.5. The quantitative estimate of drug-likeness (QED) is 0.733. The normalized spacial score (nSPS) is 17.2. The lowest BCUT2D eigenvalue weighted by atomic mass is 9.99. The maximum absolute atomic E-state index is 12.5. The van der Waals surface area contributed by atoms with Gasteiger partial charge < -0.3 is 29.0 Å². The monoisotopic (exact) mass is 401 g/mol. The Morgan fingerprint density at radius 2 is 1.52 bits per heavy atom. The number of benzene rings is 2. The molecule has 0 aromatic heterocycles. The van der Waals surface area contributed by atoms with E-state index in [1.54, 1.807) is 51.5 Å². The van der Waals surface area contributed by atoms with E-state index in [1.807, 2.05) is 18.2 Å². The molecule has 29 heavy (non-hydrogen) atoms. The number of rotatable bonds is 8. The molecular formula is C22H27NO6. The summed E-state index contributed by atoms with van der Waals surface area (Å²) in [5.74, 6) is 2.39. The first kappa shape index (κ1) is 20.8. The van der Waals surface area contributed by atoms with E-state index >= 15 is 0 Å². The van der Waals surface area contributed by atoms with Gasteiger partial charge in [-0.15, -0.1) is 0 Å². The summed E-state index contributed by atoms with van der Waals surface area (Å²) < 4.78 is 21.2. The molecule has 2 aromatic carbocycles. The van der Waals surface area contributed by atoms with Crippen molar-refractivity contribution in [3.8, 4) is 23.0 Å². The number of amides is 1. The van der Waals surface area contributed by atoms with Crippen molar-refractivity contribution in [2.24, 2.45) is 0 Å². The molecule has 2 atom stereocenters. The van der Waals surface area contributed by atoms with Crippen LogP contribution in [-0.2, 0) is 11.3 Å². The Bertz CT molecular complexity index is 868. The van der Waals surface area contributed by atoms with Crippen LogP contribution in [-0.4, -0.2) is 50.4 Å². The van der Waals surface area contributed by atoms with Crippen molar-refractivity contribution in [1.82, 2.24) is 4.90 Å². The minimum Gasteiger partial charge on any atom is -0.493 e. The van der Waals surface area contributed by atoms with Crippen LogP contribution in [0.15, 0.2) is 36.4 Å². The summed E-state index contributed by atoms with van der Waals surface area (Å²) in [6.07, 6.45) is 0.158. The number of methoxy groups -OCH3 is 4. The van der Waals surface area contributed by atoms with E-state index in [0.29, 0.717) is 47.9 Å². The van der Waals surface area contributed by atoms with E-state index in [-0.39, 0.29) is 11.9 Å². The van der Waals surface area contributed by atoms with Crippen LogP contribution in [0, 0.1) is 0 Å². The lowest BCUT2D eigenvalue weighted by molar-refractivity contribution is -0.131. The molecule has 156 valence electrons. The summed E-state index contributed by atoms with van der Waals surface area (Å²) in [7, 11) is 6.27. The lowest BCUT2D eigenvalue weighted by Gasteiger charge is -2.29. The van der Waals surface area contributed by atoms with Crippen LogP contribution >= 0.6 is 0 Å². The Hall–Kier alpha value is -2.93. The van der Waals surface area contributed by atoms with Crippen LogP contribution in [0.1, 0.15) is 30.1 Å². The van der Waals surface area contributed by atoms with Gasteiger partial charge in [0, 0.05) is 13.0 Å². The molecule has 2 aromatic rings. The molecule has 1 aliphatic rings. The SMILES string of the molecule is COc1ccc(CN2C(=O)CCC2C(O)c2ccc(OC)c(OC)c2)cc1OC. The van der Waals surface area contributed by atoms with Gasteiger partial charge in [0.25, 0.3) is 0 Å².